The molecule has 3 rings (SSSR count). The molecule has 23 heavy (non-hydrogen) atoms. The van der Waals surface area contributed by atoms with Crippen molar-refractivity contribution in [2.45, 2.75) is 6.92 Å². The largest absolute Gasteiger partial charge is 0.507 e. The van der Waals surface area contributed by atoms with E-state index in [4.69, 9.17) is 10.5 Å². The molecule has 1 heterocycles. The molecule has 0 aliphatic carbocycles. The number of methoxy groups -OCH3 is 1. The first-order chi connectivity index (χ1) is 11.1. The van der Waals surface area contributed by atoms with E-state index in [9.17, 15) is 5.11 Å². The van der Waals surface area contributed by atoms with Gasteiger partial charge in [0, 0.05) is 17.2 Å². The second-order valence-electron chi connectivity index (χ2n) is 5.25. The maximum Gasteiger partial charge on any atom is 0.221 e. The Morgan fingerprint density at radius 2 is 1.65 bits per heavy atom. The fourth-order valence-electron chi connectivity index (χ4n) is 2.33. The summed E-state index contributed by atoms with van der Waals surface area (Å²) in [7, 11) is 1.55. The van der Waals surface area contributed by atoms with Crippen LogP contribution in [0.1, 0.15) is 5.56 Å². The fourth-order valence-corrected chi connectivity index (χ4v) is 2.33. The van der Waals surface area contributed by atoms with E-state index in [1.165, 1.54) is 5.56 Å². The number of phenols is 1. The third kappa shape index (κ3) is 3.08. The summed E-state index contributed by atoms with van der Waals surface area (Å²) in [5.74, 6) is 0.817. The van der Waals surface area contributed by atoms with Gasteiger partial charge < -0.3 is 15.6 Å². The molecule has 0 aliphatic heterocycles. The third-order valence-electron chi connectivity index (χ3n) is 3.57. The lowest BCUT2D eigenvalue weighted by atomic mass is 10.1. The zero-order valence-corrected chi connectivity index (χ0v) is 12.9. The van der Waals surface area contributed by atoms with Gasteiger partial charge in [0.2, 0.25) is 5.95 Å². The Morgan fingerprint density at radius 1 is 0.957 bits per heavy atom. The van der Waals surface area contributed by atoms with E-state index in [2.05, 4.69) is 9.97 Å². The smallest absolute Gasteiger partial charge is 0.221 e. The highest BCUT2D eigenvalue weighted by Gasteiger charge is 2.11. The molecule has 1 aromatic heterocycles. The zero-order chi connectivity index (χ0) is 16.4. The van der Waals surface area contributed by atoms with Crippen molar-refractivity contribution in [2.24, 2.45) is 0 Å². The van der Waals surface area contributed by atoms with Crippen molar-refractivity contribution >= 4 is 5.95 Å². The minimum absolute atomic E-state index is 0.0808. The highest BCUT2D eigenvalue weighted by molar-refractivity contribution is 5.73. The van der Waals surface area contributed by atoms with E-state index in [1.807, 2.05) is 37.3 Å². The summed E-state index contributed by atoms with van der Waals surface area (Å²) in [5.41, 5.74) is 9.81. The van der Waals surface area contributed by atoms with Crippen LogP contribution in [0.3, 0.4) is 0 Å². The lowest BCUT2D eigenvalue weighted by molar-refractivity contribution is 0.408. The van der Waals surface area contributed by atoms with Crippen molar-refractivity contribution in [3.8, 4) is 34.0 Å². The summed E-state index contributed by atoms with van der Waals surface area (Å²) in [6.45, 7) is 2.03. The summed E-state index contributed by atoms with van der Waals surface area (Å²) >= 11 is 0. The molecule has 0 saturated carbocycles. The van der Waals surface area contributed by atoms with Gasteiger partial charge in [0.25, 0.3) is 0 Å². The molecule has 0 unspecified atom stereocenters. The second kappa shape index (κ2) is 5.96. The Kier molecular flexibility index (Phi) is 3.85. The summed E-state index contributed by atoms with van der Waals surface area (Å²) in [6.07, 6.45) is 0. The normalized spacial score (nSPS) is 10.5. The molecule has 0 amide bonds. The Bertz CT molecular complexity index is 845. The summed E-state index contributed by atoms with van der Waals surface area (Å²) in [6, 6.07) is 14.8. The number of nitrogens with zero attached hydrogens (tertiary/aromatic N) is 2. The third-order valence-corrected chi connectivity index (χ3v) is 3.57. The van der Waals surface area contributed by atoms with E-state index >= 15 is 0 Å². The molecule has 0 bridgehead atoms. The lowest BCUT2D eigenvalue weighted by Crippen LogP contribution is -1.99. The Balaban J connectivity index is 2.09. The number of hydrogen-bond acceptors (Lipinski definition) is 5. The number of rotatable bonds is 3. The van der Waals surface area contributed by atoms with E-state index in [1.54, 1.807) is 25.3 Å². The van der Waals surface area contributed by atoms with Gasteiger partial charge in [0.15, 0.2) is 0 Å². The molecular weight excluding hydrogens is 290 g/mol. The minimum Gasteiger partial charge on any atom is -0.507 e. The van der Waals surface area contributed by atoms with Crippen molar-refractivity contribution in [3.05, 3.63) is 54.1 Å². The SMILES string of the molecule is COc1ccc(-c2cc(-c3ccc(C)cc3)nc(N)n2)c(O)c1. The molecule has 0 saturated heterocycles. The first-order valence-electron chi connectivity index (χ1n) is 7.16. The van der Waals surface area contributed by atoms with Gasteiger partial charge in [-0.2, -0.15) is 0 Å². The standard InChI is InChI=1S/C18H17N3O2/c1-11-3-5-12(6-4-11)15-10-16(21-18(19)20-15)14-8-7-13(23-2)9-17(14)22/h3-10,22H,1-2H3,(H2,19,20,21). The molecular formula is C18H17N3O2. The van der Waals surface area contributed by atoms with Gasteiger partial charge in [0.05, 0.1) is 18.5 Å². The Morgan fingerprint density at radius 3 is 2.30 bits per heavy atom. The van der Waals surface area contributed by atoms with Crippen molar-refractivity contribution in [1.82, 2.24) is 9.97 Å². The van der Waals surface area contributed by atoms with Crippen molar-refractivity contribution in [2.75, 3.05) is 12.8 Å². The number of anilines is 1. The van der Waals surface area contributed by atoms with Gasteiger partial charge in [0.1, 0.15) is 11.5 Å². The molecule has 2 aromatic carbocycles. The number of aromatic nitrogens is 2. The summed E-state index contributed by atoms with van der Waals surface area (Å²) in [5, 5.41) is 10.2. The molecule has 116 valence electrons. The Hall–Kier alpha value is -3.08. The monoisotopic (exact) mass is 307 g/mol. The van der Waals surface area contributed by atoms with Crippen LogP contribution in [-0.4, -0.2) is 22.2 Å². The van der Waals surface area contributed by atoms with Crippen LogP contribution >= 0.6 is 0 Å². The van der Waals surface area contributed by atoms with Gasteiger partial charge in [-0.15, -0.1) is 0 Å². The van der Waals surface area contributed by atoms with Crippen molar-refractivity contribution in [1.29, 1.82) is 0 Å². The quantitative estimate of drug-likeness (QED) is 0.775. The molecule has 3 N–H and O–H groups in total. The average molecular weight is 307 g/mol. The fraction of sp³-hybridized carbons (Fsp3) is 0.111. The molecule has 5 nitrogen and oxygen atoms in total. The topological polar surface area (TPSA) is 81.3 Å². The first-order valence-corrected chi connectivity index (χ1v) is 7.16. The first kappa shape index (κ1) is 14.8. The Labute approximate surface area is 134 Å². The van der Waals surface area contributed by atoms with Crippen molar-refractivity contribution in [3.63, 3.8) is 0 Å². The van der Waals surface area contributed by atoms with Crippen molar-refractivity contribution < 1.29 is 9.84 Å². The van der Waals surface area contributed by atoms with Gasteiger partial charge in [-0.05, 0) is 25.1 Å². The van der Waals surface area contributed by atoms with E-state index in [-0.39, 0.29) is 11.7 Å². The minimum atomic E-state index is 0.0808. The van der Waals surface area contributed by atoms with Gasteiger partial charge in [-0.25, -0.2) is 9.97 Å². The molecule has 0 radical (unpaired) electrons. The molecule has 0 fully saturated rings. The number of ether oxygens (including phenoxy) is 1. The highest BCUT2D eigenvalue weighted by atomic mass is 16.5. The van der Waals surface area contributed by atoms with Gasteiger partial charge in [-0.3, -0.25) is 0 Å². The van der Waals surface area contributed by atoms with Crippen LogP contribution in [0, 0.1) is 6.92 Å². The van der Waals surface area contributed by atoms with Crippen LogP contribution in [0.4, 0.5) is 5.95 Å². The zero-order valence-electron chi connectivity index (χ0n) is 12.9. The molecule has 0 spiro atoms. The predicted octanol–water partition coefficient (Wildman–Crippen LogP) is 3.42. The summed E-state index contributed by atoms with van der Waals surface area (Å²) < 4.78 is 5.10. The molecule has 5 heteroatoms. The number of phenolic OH excluding ortho intramolecular Hbond substituents is 1. The van der Waals surface area contributed by atoms with Crippen LogP contribution in [0.25, 0.3) is 22.5 Å². The summed E-state index contributed by atoms with van der Waals surface area (Å²) in [4.78, 5) is 8.51. The maximum absolute atomic E-state index is 10.2. The number of hydrogen-bond donors (Lipinski definition) is 2. The average Bonchev–Trinajstić information content (AvgIpc) is 2.54. The second-order valence-corrected chi connectivity index (χ2v) is 5.25. The highest BCUT2D eigenvalue weighted by Crippen LogP contribution is 2.33. The van der Waals surface area contributed by atoms with E-state index in [0.717, 1.165) is 5.56 Å². The van der Waals surface area contributed by atoms with Crippen LogP contribution in [0.5, 0.6) is 11.5 Å². The van der Waals surface area contributed by atoms with Crippen LogP contribution in [-0.2, 0) is 0 Å². The van der Waals surface area contributed by atoms with Gasteiger partial charge in [-0.1, -0.05) is 29.8 Å². The number of nitrogen functional groups attached to an aromatic ring is 1. The maximum atomic E-state index is 10.2. The molecule has 3 aromatic rings. The molecule has 0 atom stereocenters. The number of benzene rings is 2. The van der Waals surface area contributed by atoms with E-state index < -0.39 is 0 Å². The van der Waals surface area contributed by atoms with Crippen LogP contribution in [0.2, 0.25) is 0 Å². The van der Waals surface area contributed by atoms with Gasteiger partial charge >= 0.3 is 0 Å². The number of aromatic hydroxyl groups is 1. The molecule has 0 aliphatic rings. The van der Waals surface area contributed by atoms with Crippen LogP contribution < -0.4 is 10.5 Å². The lowest BCUT2D eigenvalue weighted by Gasteiger charge is -2.09. The van der Waals surface area contributed by atoms with E-state index in [0.29, 0.717) is 22.7 Å². The predicted molar refractivity (Wildman–Crippen MR) is 90.3 cm³/mol. The number of nitrogens with two attached hydrogens (primary N) is 1. The number of aryl methyl sites for hydroxylation is 1. The van der Waals surface area contributed by atoms with Crippen LogP contribution in [0.15, 0.2) is 48.5 Å².